The first-order chi connectivity index (χ1) is 6.29. The van der Waals surface area contributed by atoms with E-state index in [0.717, 1.165) is 0 Å². The third-order valence-electron chi connectivity index (χ3n) is 1.37. The minimum Gasteiger partial charge on any atom is -0.187 e. The van der Waals surface area contributed by atoms with Crippen LogP contribution in [0.25, 0.3) is 0 Å². The Labute approximate surface area is 74.7 Å². The van der Waals surface area contributed by atoms with Crippen molar-refractivity contribution in [2.75, 3.05) is 0 Å². The average molecular weight is 216 g/mol. The van der Waals surface area contributed by atoms with Gasteiger partial charge in [-0.2, -0.15) is 26.7 Å². The molecule has 4 nitrogen and oxygen atoms in total. The maximum absolute atomic E-state index is 12.5. The van der Waals surface area contributed by atoms with Crippen LogP contribution in [0, 0.1) is 0 Å². The van der Waals surface area contributed by atoms with E-state index >= 15 is 0 Å². The number of alkyl halides is 5. The Bertz CT molecular complexity index is 316. The molecule has 0 radical (unpaired) electrons. The molecule has 0 fully saturated rings. The van der Waals surface area contributed by atoms with E-state index < -0.39 is 17.9 Å². The van der Waals surface area contributed by atoms with Gasteiger partial charge in [0.15, 0.2) is 0 Å². The minimum absolute atomic E-state index is 0.0704. The molecular weight excluding hydrogens is 211 g/mol. The zero-order valence-corrected chi connectivity index (χ0v) is 6.89. The summed E-state index contributed by atoms with van der Waals surface area (Å²) in [7, 11) is 0. The quantitative estimate of drug-likeness (QED) is 0.701. The van der Waals surface area contributed by atoms with E-state index in [9.17, 15) is 22.0 Å². The van der Waals surface area contributed by atoms with Crippen molar-refractivity contribution in [3.63, 3.8) is 0 Å². The van der Waals surface area contributed by atoms with Crippen LogP contribution in [0.3, 0.4) is 0 Å². The Morgan fingerprint density at radius 3 is 2.14 bits per heavy atom. The monoisotopic (exact) mass is 216 g/mol. The molecule has 0 atom stereocenters. The zero-order valence-electron chi connectivity index (χ0n) is 6.89. The molecule has 0 saturated carbocycles. The first-order valence-corrected chi connectivity index (χ1v) is 3.52. The van der Waals surface area contributed by atoms with Crippen molar-refractivity contribution >= 4 is 0 Å². The smallest absolute Gasteiger partial charge is 0.187 e. The molecule has 9 heteroatoms. The normalized spacial score (nSPS) is 13.3. The summed E-state index contributed by atoms with van der Waals surface area (Å²) >= 11 is 0. The van der Waals surface area contributed by atoms with Crippen LogP contribution in [-0.4, -0.2) is 26.4 Å². The number of aromatic nitrogens is 4. The highest BCUT2D eigenvalue weighted by Gasteiger charge is 2.62. The predicted molar refractivity (Wildman–Crippen MR) is 33.4 cm³/mol. The molecule has 0 unspecified atom stereocenters. The fourth-order valence-corrected chi connectivity index (χ4v) is 0.630. The third-order valence-corrected chi connectivity index (χ3v) is 1.37. The van der Waals surface area contributed by atoms with Crippen LogP contribution in [0.5, 0.6) is 0 Å². The van der Waals surface area contributed by atoms with Gasteiger partial charge in [-0.1, -0.05) is 0 Å². The van der Waals surface area contributed by atoms with Gasteiger partial charge in [0.1, 0.15) is 0 Å². The highest BCUT2D eigenvalue weighted by molar-refractivity contribution is 4.95. The van der Waals surface area contributed by atoms with Gasteiger partial charge in [-0.05, 0) is 12.1 Å². The maximum atomic E-state index is 12.5. The first-order valence-electron chi connectivity index (χ1n) is 3.52. The van der Waals surface area contributed by atoms with Gasteiger partial charge < -0.3 is 0 Å². The second-order valence-corrected chi connectivity index (χ2v) is 2.37. The molecule has 0 bridgehead atoms. The third kappa shape index (κ3) is 1.66. The summed E-state index contributed by atoms with van der Waals surface area (Å²) in [5, 5.41) is 8.54. The van der Waals surface area contributed by atoms with Gasteiger partial charge >= 0.3 is 12.1 Å². The Balaban J connectivity index is 3.04. The van der Waals surface area contributed by atoms with E-state index in [-0.39, 0.29) is 6.54 Å². The van der Waals surface area contributed by atoms with Gasteiger partial charge in [-0.3, -0.25) is 0 Å². The van der Waals surface area contributed by atoms with Crippen molar-refractivity contribution in [1.82, 2.24) is 20.2 Å². The lowest BCUT2D eigenvalue weighted by atomic mass is 10.3. The predicted octanol–water partition coefficient (Wildman–Crippen LogP) is 1.35. The fraction of sp³-hybridized carbons (Fsp3) is 0.800. The number of hydrogen-bond acceptors (Lipinski definition) is 3. The van der Waals surface area contributed by atoms with Crippen molar-refractivity contribution in [3.05, 3.63) is 5.82 Å². The van der Waals surface area contributed by atoms with E-state index in [1.165, 1.54) is 6.92 Å². The molecule has 1 aromatic rings. The largest absolute Gasteiger partial charge is 0.461 e. The fourth-order valence-electron chi connectivity index (χ4n) is 0.630. The topological polar surface area (TPSA) is 43.6 Å². The number of nitrogens with zero attached hydrogens (tertiary/aromatic N) is 4. The summed E-state index contributed by atoms with van der Waals surface area (Å²) in [4.78, 5) is 0.648. The summed E-state index contributed by atoms with van der Waals surface area (Å²) in [6, 6.07) is 0. The second-order valence-electron chi connectivity index (χ2n) is 2.37. The molecule has 1 aromatic heterocycles. The van der Waals surface area contributed by atoms with Gasteiger partial charge in [0.2, 0.25) is 0 Å². The molecule has 14 heavy (non-hydrogen) atoms. The number of hydrogen-bond donors (Lipinski definition) is 0. The summed E-state index contributed by atoms with van der Waals surface area (Å²) < 4.78 is 60.3. The second kappa shape index (κ2) is 3.14. The Kier molecular flexibility index (Phi) is 2.42. The Hall–Kier alpha value is -1.28. The highest BCUT2D eigenvalue weighted by Crippen LogP contribution is 2.41. The number of rotatable bonds is 2. The van der Waals surface area contributed by atoms with Gasteiger partial charge in [0.25, 0.3) is 5.82 Å². The lowest BCUT2D eigenvalue weighted by Gasteiger charge is -2.14. The maximum Gasteiger partial charge on any atom is 0.461 e. The van der Waals surface area contributed by atoms with Crippen molar-refractivity contribution in [2.24, 2.45) is 0 Å². The number of aryl methyl sites for hydroxylation is 1. The Morgan fingerprint density at radius 1 is 1.21 bits per heavy atom. The molecule has 0 aliphatic rings. The molecule has 0 saturated heterocycles. The van der Waals surface area contributed by atoms with Crippen LogP contribution in [0.2, 0.25) is 0 Å². The van der Waals surface area contributed by atoms with E-state index in [2.05, 4.69) is 15.4 Å². The van der Waals surface area contributed by atoms with E-state index in [1.54, 1.807) is 0 Å². The summed E-state index contributed by atoms with van der Waals surface area (Å²) in [6.07, 6.45) is -5.70. The minimum atomic E-state index is -5.70. The molecule has 0 spiro atoms. The lowest BCUT2D eigenvalue weighted by Crippen LogP contribution is -2.35. The van der Waals surface area contributed by atoms with Crippen LogP contribution >= 0.6 is 0 Å². The average Bonchev–Trinajstić information content (AvgIpc) is 2.49. The number of tetrazole rings is 1. The molecule has 0 aromatic carbocycles. The van der Waals surface area contributed by atoms with E-state index in [0.29, 0.717) is 4.80 Å². The Morgan fingerprint density at radius 2 is 1.79 bits per heavy atom. The van der Waals surface area contributed by atoms with Crippen molar-refractivity contribution in [2.45, 2.75) is 25.6 Å². The molecule has 80 valence electrons. The summed E-state index contributed by atoms with van der Waals surface area (Å²) in [6.45, 7) is 1.55. The van der Waals surface area contributed by atoms with Gasteiger partial charge in [-0.15, -0.1) is 10.2 Å². The van der Waals surface area contributed by atoms with E-state index in [4.69, 9.17) is 0 Å². The van der Waals surface area contributed by atoms with Crippen molar-refractivity contribution in [1.29, 1.82) is 0 Å². The van der Waals surface area contributed by atoms with Gasteiger partial charge in [0, 0.05) is 0 Å². The zero-order chi connectivity index (χ0) is 11.0. The van der Waals surface area contributed by atoms with Crippen LogP contribution in [-0.2, 0) is 12.5 Å². The van der Waals surface area contributed by atoms with Gasteiger partial charge in [0.05, 0.1) is 6.54 Å². The standard InChI is InChI=1S/C5H5F5N4/c1-2-14-12-3(11-13-14)4(6,7)5(8,9)10/h2H2,1H3. The lowest BCUT2D eigenvalue weighted by molar-refractivity contribution is -0.292. The molecule has 1 heterocycles. The SMILES string of the molecule is CCn1nnc(C(F)(F)C(F)(F)F)n1. The van der Waals surface area contributed by atoms with Crippen LogP contribution in [0.4, 0.5) is 22.0 Å². The molecule has 0 aliphatic carbocycles. The molecule has 0 amide bonds. The van der Waals surface area contributed by atoms with Gasteiger partial charge in [-0.25, -0.2) is 0 Å². The van der Waals surface area contributed by atoms with Crippen LogP contribution in [0.1, 0.15) is 12.7 Å². The van der Waals surface area contributed by atoms with Crippen LogP contribution in [0.15, 0.2) is 0 Å². The van der Waals surface area contributed by atoms with Crippen molar-refractivity contribution in [3.8, 4) is 0 Å². The molecule has 0 aliphatic heterocycles. The summed E-state index contributed by atoms with van der Waals surface area (Å²) in [5.74, 6) is -6.69. The first kappa shape index (κ1) is 10.8. The van der Waals surface area contributed by atoms with Crippen molar-refractivity contribution < 1.29 is 22.0 Å². The molecular formula is C5H5F5N4. The van der Waals surface area contributed by atoms with Crippen LogP contribution < -0.4 is 0 Å². The molecule has 1 rings (SSSR count). The summed E-state index contributed by atoms with van der Waals surface area (Å²) in [5.41, 5.74) is 0. The highest BCUT2D eigenvalue weighted by atomic mass is 19.4. The molecule has 0 N–H and O–H groups in total. The van der Waals surface area contributed by atoms with E-state index in [1.807, 2.05) is 0 Å². The number of halogens is 5.